The van der Waals surface area contributed by atoms with Gasteiger partial charge in [0, 0.05) is 11.7 Å². The van der Waals surface area contributed by atoms with Crippen LogP contribution < -0.4 is 10.6 Å². The van der Waals surface area contributed by atoms with E-state index in [2.05, 4.69) is 26.2 Å². The molecule has 1 aliphatic heterocycles. The summed E-state index contributed by atoms with van der Waals surface area (Å²) in [6.45, 7) is 2.93. The number of hydrogen-bond acceptors (Lipinski definition) is 5. The minimum absolute atomic E-state index is 0.0201. The van der Waals surface area contributed by atoms with Crippen molar-refractivity contribution in [3.63, 3.8) is 0 Å². The molecule has 1 fully saturated rings. The molecule has 3 rings (SSSR count). The zero-order chi connectivity index (χ0) is 13.9. The highest BCUT2D eigenvalue weighted by Crippen LogP contribution is 2.19. The number of benzene rings is 1. The highest BCUT2D eigenvalue weighted by Gasteiger charge is 2.29. The highest BCUT2D eigenvalue weighted by molar-refractivity contribution is 5.93. The number of amides is 1. The summed E-state index contributed by atoms with van der Waals surface area (Å²) in [4.78, 5) is 12.2. The van der Waals surface area contributed by atoms with E-state index in [9.17, 15) is 4.79 Å². The first-order valence-corrected chi connectivity index (χ1v) is 6.62. The van der Waals surface area contributed by atoms with E-state index in [4.69, 9.17) is 0 Å². The van der Waals surface area contributed by atoms with Crippen molar-refractivity contribution in [1.29, 1.82) is 0 Å². The van der Waals surface area contributed by atoms with E-state index in [1.165, 1.54) is 6.33 Å². The van der Waals surface area contributed by atoms with E-state index in [-0.39, 0.29) is 17.9 Å². The van der Waals surface area contributed by atoms with Gasteiger partial charge in [-0.3, -0.25) is 4.79 Å². The van der Waals surface area contributed by atoms with Crippen LogP contribution in [0.25, 0.3) is 5.69 Å². The number of nitrogens with one attached hydrogen (secondary N) is 2. The van der Waals surface area contributed by atoms with E-state index >= 15 is 0 Å². The summed E-state index contributed by atoms with van der Waals surface area (Å²) in [5.74, 6) is 0.0723. The smallest absolute Gasteiger partial charge is 0.229 e. The second-order valence-corrected chi connectivity index (χ2v) is 4.93. The van der Waals surface area contributed by atoms with Gasteiger partial charge >= 0.3 is 0 Å². The molecule has 1 aromatic heterocycles. The molecule has 1 amide bonds. The topological polar surface area (TPSA) is 84.7 Å². The highest BCUT2D eigenvalue weighted by atomic mass is 16.1. The van der Waals surface area contributed by atoms with Crippen LogP contribution in [0.5, 0.6) is 0 Å². The van der Waals surface area contributed by atoms with Gasteiger partial charge in [-0.15, -0.1) is 5.10 Å². The zero-order valence-electron chi connectivity index (χ0n) is 11.2. The van der Waals surface area contributed by atoms with E-state index in [1.54, 1.807) is 4.68 Å². The van der Waals surface area contributed by atoms with E-state index in [0.29, 0.717) is 0 Å². The monoisotopic (exact) mass is 272 g/mol. The second kappa shape index (κ2) is 5.38. The number of tetrazole rings is 1. The van der Waals surface area contributed by atoms with Gasteiger partial charge in [-0.1, -0.05) is 6.07 Å². The van der Waals surface area contributed by atoms with Crippen LogP contribution in [-0.4, -0.2) is 38.7 Å². The van der Waals surface area contributed by atoms with E-state index < -0.39 is 0 Å². The minimum Gasteiger partial charge on any atom is -0.326 e. The standard InChI is InChI=1S/C13H16N6O/c1-9-12(5-6-14-9)13(20)16-10-3-2-4-11(7-10)19-8-15-17-18-19/h2-4,7-9,12,14H,5-6H2,1H3,(H,16,20). The lowest BCUT2D eigenvalue weighted by atomic mass is 10.0. The fourth-order valence-corrected chi connectivity index (χ4v) is 2.46. The first kappa shape index (κ1) is 12.7. The van der Waals surface area contributed by atoms with Crippen LogP contribution in [0.1, 0.15) is 13.3 Å². The van der Waals surface area contributed by atoms with Crippen molar-refractivity contribution in [2.24, 2.45) is 5.92 Å². The molecule has 2 heterocycles. The number of carbonyl (C=O) groups excluding carboxylic acids is 1. The van der Waals surface area contributed by atoms with Crippen LogP contribution in [0, 0.1) is 5.92 Å². The molecule has 2 atom stereocenters. The number of carbonyl (C=O) groups is 1. The maximum atomic E-state index is 12.2. The Hall–Kier alpha value is -2.28. The Morgan fingerprint density at radius 3 is 3.10 bits per heavy atom. The first-order valence-electron chi connectivity index (χ1n) is 6.62. The Morgan fingerprint density at radius 1 is 1.50 bits per heavy atom. The summed E-state index contributed by atoms with van der Waals surface area (Å²) in [5.41, 5.74) is 1.56. The van der Waals surface area contributed by atoms with Crippen LogP contribution >= 0.6 is 0 Å². The van der Waals surface area contributed by atoms with E-state index in [0.717, 1.165) is 24.3 Å². The first-order chi connectivity index (χ1) is 9.74. The summed E-state index contributed by atoms with van der Waals surface area (Å²) < 4.78 is 1.55. The third-order valence-electron chi connectivity index (χ3n) is 3.59. The number of hydrogen-bond donors (Lipinski definition) is 2. The molecule has 104 valence electrons. The Morgan fingerprint density at radius 2 is 2.40 bits per heavy atom. The van der Waals surface area contributed by atoms with Crippen LogP contribution in [0.15, 0.2) is 30.6 Å². The molecule has 1 aliphatic rings. The molecule has 7 nitrogen and oxygen atoms in total. The summed E-state index contributed by atoms with van der Waals surface area (Å²) in [5, 5.41) is 17.3. The van der Waals surface area contributed by atoms with Gasteiger partial charge in [0.15, 0.2) is 0 Å². The Kier molecular flexibility index (Phi) is 3.42. The van der Waals surface area contributed by atoms with Crippen molar-refractivity contribution in [2.45, 2.75) is 19.4 Å². The van der Waals surface area contributed by atoms with Gasteiger partial charge in [0.05, 0.1) is 11.6 Å². The molecule has 0 saturated carbocycles. The maximum Gasteiger partial charge on any atom is 0.229 e. The molecule has 7 heteroatoms. The largest absolute Gasteiger partial charge is 0.326 e. The molecule has 2 N–H and O–H groups in total. The van der Waals surface area contributed by atoms with Crippen molar-refractivity contribution in [3.8, 4) is 5.69 Å². The Balaban J connectivity index is 1.74. The lowest BCUT2D eigenvalue weighted by molar-refractivity contribution is -0.119. The lowest BCUT2D eigenvalue weighted by Gasteiger charge is -2.15. The molecule has 20 heavy (non-hydrogen) atoms. The molecular weight excluding hydrogens is 256 g/mol. The molecule has 1 saturated heterocycles. The van der Waals surface area contributed by atoms with Crippen molar-refractivity contribution < 1.29 is 4.79 Å². The average Bonchev–Trinajstić information content (AvgIpc) is 3.09. The van der Waals surface area contributed by atoms with Crippen molar-refractivity contribution in [3.05, 3.63) is 30.6 Å². The van der Waals surface area contributed by atoms with Gasteiger partial charge in [0.1, 0.15) is 6.33 Å². The number of rotatable bonds is 3. The fourth-order valence-electron chi connectivity index (χ4n) is 2.46. The molecule has 0 aliphatic carbocycles. The van der Waals surface area contributed by atoms with Gasteiger partial charge < -0.3 is 10.6 Å². The predicted molar refractivity (Wildman–Crippen MR) is 73.4 cm³/mol. The summed E-state index contributed by atoms with van der Waals surface area (Å²) >= 11 is 0. The van der Waals surface area contributed by atoms with Gasteiger partial charge in [0.2, 0.25) is 5.91 Å². The van der Waals surface area contributed by atoms with Crippen molar-refractivity contribution in [1.82, 2.24) is 25.5 Å². The quantitative estimate of drug-likeness (QED) is 0.854. The SMILES string of the molecule is CC1NCCC1C(=O)Nc1cccc(-n2cnnn2)c1. The molecule has 0 radical (unpaired) electrons. The third kappa shape index (κ3) is 2.53. The van der Waals surface area contributed by atoms with Gasteiger partial charge in [-0.2, -0.15) is 0 Å². The fraction of sp³-hybridized carbons (Fsp3) is 0.385. The Bertz CT molecular complexity index is 597. The molecule has 1 aromatic carbocycles. The average molecular weight is 272 g/mol. The van der Waals surface area contributed by atoms with Gasteiger partial charge in [-0.05, 0) is 48.5 Å². The summed E-state index contributed by atoms with van der Waals surface area (Å²) in [7, 11) is 0. The summed E-state index contributed by atoms with van der Waals surface area (Å²) in [6.07, 6.45) is 2.39. The van der Waals surface area contributed by atoms with Crippen LogP contribution in [0.3, 0.4) is 0 Å². The van der Waals surface area contributed by atoms with Crippen LogP contribution in [0.2, 0.25) is 0 Å². The van der Waals surface area contributed by atoms with E-state index in [1.807, 2.05) is 31.2 Å². The van der Waals surface area contributed by atoms with Crippen molar-refractivity contribution in [2.75, 3.05) is 11.9 Å². The third-order valence-corrected chi connectivity index (χ3v) is 3.59. The number of aromatic nitrogens is 4. The van der Waals surface area contributed by atoms with Gasteiger partial charge in [0.25, 0.3) is 0 Å². The molecule has 0 spiro atoms. The van der Waals surface area contributed by atoms with Gasteiger partial charge in [-0.25, -0.2) is 4.68 Å². The predicted octanol–water partition coefficient (Wildman–Crippen LogP) is 0.599. The molecule has 2 aromatic rings. The molecular formula is C13H16N6O. The lowest BCUT2D eigenvalue weighted by Crippen LogP contribution is -2.32. The normalized spacial score (nSPS) is 21.9. The van der Waals surface area contributed by atoms with Crippen molar-refractivity contribution >= 4 is 11.6 Å². The zero-order valence-corrected chi connectivity index (χ0v) is 11.2. The number of nitrogens with zero attached hydrogens (tertiary/aromatic N) is 4. The van der Waals surface area contributed by atoms with Crippen LogP contribution in [0.4, 0.5) is 5.69 Å². The second-order valence-electron chi connectivity index (χ2n) is 4.93. The number of anilines is 1. The molecule has 2 unspecified atom stereocenters. The Labute approximate surface area is 116 Å². The molecule has 0 bridgehead atoms. The summed E-state index contributed by atoms with van der Waals surface area (Å²) in [6, 6.07) is 7.67. The minimum atomic E-state index is 0.0201. The maximum absolute atomic E-state index is 12.2. The van der Waals surface area contributed by atoms with Crippen LogP contribution in [-0.2, 0) is 4.79 Å².